The van der Waals surface area contributed by atoms with E-state index in [4.69, 9.17) is 5.11 Å². The lowest BCUT2D eigenvalue weighted by atomic mass is 10.1. The van der Waals surface area contributed by atoms with Crippen LogP contribution in [0.15, 0.2) is 0 Å². The van der Waals surface area contributed by atoms with Gasteiger partial charge in [0.15, 0.2) is 10.8 Å². The molecule has 1 rings (SSSR count). The summed E-state index contributed by atoms with van der Waals surface area (Å²) in [6, 6.07) is 0. The Morgan fingerprint density at radius 1 is 1.53 bits per heavy atom. The summed E-state index contributed by atoms with van der Waals surface area (Å²) >= 11 is 1.37. The van der Waals surface area contributed by atoms with Crippen LogP contribution in [0, 0.1) is 6.92 Å². The highest BCUT2D eigenvalue weighted by atomic mass is 32.1. The first-order chi connectivity index (χ1) is 7.74. The highest BCUT2D eigenvalue weighted by molar-refractivity contribution is 7.15. The fraction of sp³-hybridized carbons (Fsp3) is 0.636. The maximum Gasteiger partial charge on any atom is 0.355 e. The molecule has 0 fully saturated rings. The van der Waals surface area contributed by atoms with Gasteiger partial charge in [0.1, 0.15) is 0 Å². The van der Waals surface area contributed by atoms with Crippen molar-refractivity contribution in [3.63, 3.8) is 0 Å². The molecule has 0 bridgehead atoms. The summed E-state index contributed by atoms with van der Waals surface area (Å²) in [4.78, 5) is 17.7. The second-order valence-corrected chi connectivity index (χ2v) is 5.99. The van der Waals surface area contributed by atoms with Crippen molar-refractivity contribution in [2.24, 2.45) is 0 Å². The number of carbonyl (C=O) groups is 1. The Morgan fingerprint density at radius 3 is 2.53 bits per heavy atom. The maximum absolute atomic E-state index is 10.9. The molecule has 0 radical (unpaired) electrons. The molecule has 0 amide bonds. The normalized spacial score (nSPS) is 11.9. The van der Waals surface area contributed by atoms with Gasteiger partial charge in [-0.05, 0) is 34.9 Å². The molecule has 0 saturated carbocycles. The molecule has 0 aliphatic carbocycles. The van der Waals surface area contributed by atoms with Gasteiger partial charge in [-0.15, -0.1) is 11.3 Å². The van der Waals surface area contributed by atoms with Gasteiger partial charge in [-0.1, -0.05) is 0 Å². The summed E-state index contributed by atoms with van der Waals surface area (Å²) in [6.45, 7) is 6.70. The number of nitrogens with zero attached hydrogens (tertiary/aromatic N) is 2. The molecule has 1 heterocycles. The van der Waals surface area contributed by atoms with E-state index in [0.717, 1.165) is 4.88 Å². The van der Waals surface area contributed by atoms with Crippen molar-refractivity contribution in [1.82, 2.24) is 9.88 Å². The van der Waals surface area contributed by atoms with Crippen LogP contribution in [-0.4, -0.2) is 47.1 Å². The van der Waals surface area contributed by atoms with Crippen LogP contribution in [0.5, 0.6) is 0 Å². The number of hydrogen-bond donors (Lipinski definition) is 2. The molecular weight excluding hydrogens is 238 g/mol. The van der Waals surface area contributed by atoms with Gasteiger partial charge < -0.3 is 15.3 Å². The van der Waals surface area contributed by atoms with Crippen molar-refractivity contribution < 1.29 is 9.90 Å². The molecule has 1 aromatic rings. The van der Waals surface area contributed by atoms with Crippen LogP contribution in [0.1, 0.15) is 29.2 Å². The maximum atomic E-state index is 10.9. The van der Waals surface area contributed by atoms with E-state index < -0.39 is 5.97 Å². The van der Waals surface area contributed by atoms with Gasteiger partial charge in [0.05, 0.1) is 0 Å². The minimum absolute atomic E-state index is 0.0110. The fourth-order valence-electron chi connectivity index (χ4n) is 1.12. The molecule has 0 aliphatic heterocycles. The molecule has 0 aromatic carbocycles. The molecule has 17 heavy (non-hydrogen) atoms. The lowest BCUT2D eigenvalue weighted by molar-refractivity contribution is 0.0690. The van der Waals surface area contributed by atoms with Crippen molar-refractivity contribution >= 4 is 22.4 Å². The van der Waals surface area contributed by atoms with Gasteiger partial charge in [-0.3, -0.25) is 0 Å². The minimum atomic E-state index is -0.973. The van der Waals surface area contributed by atoms with Crippen LogP contribution in [-0.2, 0) is 0 Å². The van der Waals surface area contributed by atoms with Gasteiger partial charge in [-0.25, -0.2) is 9.78 Å². The summed E-state index contributed by atoms with van der Waals surface area (Å²) in [7, 11) is 4.02. The SMILES string of the molecule is Cc1sc(NCC(C)(C)N(C)C)nc1C(=O)O. The second-order valence-electron chi connectivity index (χ2n) is 4.79. The first-order valence-corrected chi connectivity index (χ1v) is 6.17. The van der Waals surface area contributed by atoms with Crippen molar-refractivity contribution in [1.29, 1.82) is 0 Å². The number of hydrogen-bond acceptors (Lipinski definition) is 5. The van der Waals surface area contributed by atoms with E-state index in [1.54, 1.807) is 6.92 Å². The van der Waals surface area contributed by atoms with Crippen molar-refractivity contribution in [2.45, 2.75) is 26.3 Å². The number of aryl methyl sites for hydroxylation is 1. The second kappa shape index (κ2) is 5.01. The van der Waals surface area contributed by atoms with E-state index >= 15 is 0 Å². The molecule has 0 unspecified atom stereocenters. The summed E-state index contributed by atoms with van der Waals surface area (Å²) in [5.74, 6) is -0.973. The smallest absolute Gasteiger partial charge is 0.355 e. The predicted molar refractivity (Wildman–Crippen MR) is 70.1 cm³/mol. The molecule has 5 nitrogen and oxygen atoms in total. The van der Waals surface area contributed by atoms with E-state index in [1.165, 1.54) is 11.3 Å². The first kappa shape index (κ1) is 13.9. The number of nitrogens with one attached hydrogen (secondary N) is 1. The molecule has 0 aliphatic rings. The van der Waals surface area contributed by atoms with E-state index in [0.29, 0.717) is 11.7 Å². The van der Waals surface area contributed by atoms with Crippen LogP contribution in [0.3, 0.4) is 0 Å². The third kappa shape index (κ3) is 3.41. The first-order valence-electron chi connectivity index (χ1n) is 5.36. The lowest BCUT2D eigenvalue weighted by Gasteiger charge is -2.32. The number of aromatic nitrogens is 1. The van der Waals surface area contributed by atoms with Crippen molar-refractivity contribution in [3.05, 3.63) is 10.6 Å². The monoisotopic (exact) mass is 257 g/mol. The Labute approximate surface area is 105 Å². The Kier molecular flexibility index (Phi) is 4.11. The van der Waals surface area contributed by atoms with Crippen LogP contribution in [0.4, 0.5) is 5.13 Å². The Balaban J connectivity index is 2.71. The van der Waals surface area contributed by atoms with Gasteiger partial charge in [0, 0.05) is 17.0 Å². The minimum Gasteiger partial charge on any atom is -0.476 e. The number of likely N-dealkylation sites (N-methyl/N-ethyl adjacent to an activating group) is 1. The van der Waals surface area contributed by atoms with Crippen LogP contribution in [0.2, 0.25) is 0 Å². The zero-order chi connectivity index (χ0) is 13.2. The number of rotatable bonds is 5. The number of thiazole rings is 1. The van der Waals surface area contributed by atoms with Crippen molar-refractivity contribution in [2.75, 3.05) is 26.0 Å². The standard InChI is InChI=1S/C11H19N3O2S/c1-7-8(9(15)16)13-10(17-7)12-6-11(2,3)14(4)5/h6H2,1-5H3,(H,12,13)(H,15,16). The molecule has 0 saturated heterocycles. The zero-order valence-electron chi connectivity index (χ0n) is 10.9. The van der Waals surface area contributed by atoms with Crippen molar-refractivity contribution in [3.8, 4) is 0 Å². The van der Waals surface area contributed by atoms with Crippen LogP contribution < -0.4 is 5.32 Å². The molecule has 0 spiro atoms. The summed E-state index contributed by atoms with van der Waals surface area (Å²) in [5, 5.41) is 12.8. The largest absolute Gasteiger partial charge is 0.476 e. The number of aromatic carboxylic acids is 1. The topological polar surface area (TPSA) is 65.5 Å². The molecular formula is C11H19N3O2S. The summed E-state index contributed by atoms with van der Waals surface area (Å²) < 4.78 is 0. The Bertz CT molecular complexity index is 413. The van der Waals surface area contributed by atoms with Crippen LogP contribution >= 0.6 is 11.3 Å². The molecule has 96 valence electrons. The average Bonchev–Trinajstić information content (AvgIpc) is 2.57. The number of anilines is 1. The van der Waals surface area contributed by atoms with E-state index in [1.807, 2.05) is 14.1 Å². The zero-order valence-corrected chi connectivity index (χ0v) is 11.7. The van der Waals surface area contributed by atoms with Gasteiger partial charge in [0.25, 0.3) is 0 Å². The third-order valence-electron chi connectivity index (χ3n) is 2.88. The van der Waals surface area contributed by atoms with Crippen LogP contribution in [0.25, 0.3) is 0 Å². The van der Waals surface area contributed by atoms with Gasteiger partial charge in [-0.2, -0.15) is 0 Å². The Hall–Kier alpha value is -1.14. The summed E-state index contributed by atoms with van der Waals surface area (Å²) in [6.07, 6.45) is 0. The quantitative estimate of drug-likeness (QED) is 0.843. The molecule has 2 N–H and O–H groups in total. The molecule has 1 aromatic heterocycles. The lowest BCUT2D eigenvalue weighted by Crippen LogP contribution is -2.44. The average molecular weight is 257 g/mol. The fourth-order valence-corrected chi connectivity index (χ4v) is 1.92. The number of carboxylic acids is 1. The number of carboxylic acid groups (broad SMARTS) is 1. The van der Waals surface area contributed by atoms with Gasteiger partial charge in [0.2, 0.25) is 0 Å². The van der Waals surface area contributed by atoms with Gasteiger partial charge >= 0.3 is 5.97 Å². The molecule has 6 heteroatoms. The van der Waals surface area contributed by atoms with E-state index in [-0.39, 0.29) is 11.2 Å². The van der Waals surface area contributed by atoms with E-state index in [9.17, 15) is 4.79 Å². The highest BCUT2D eigenvalue weighted by Crippen LogP contribution is 2.23. The third-order valence-corrected chi connectivity index (χ3v) is 3.81. The van der Waals surface area contributed by atoms with E-state index in [2.05, 4.69) is 29.0 Å². The summed E-state index contributed by atoms with van der Waals surface area (Å²) in [5.41, 5.74) is 0.128. The Morgan fingerprint density at radius 2 is 2.12 bits per heavy atom. The predicted octanol–water partition coefficient (Wildman–Crippen LogP) is 1.90. The highest BCUT2D eigenvalue weighted by Gasteiger charge is 2.21. The molecule has 0 atom stereocenters.